The van der Waals surface area contributed by atoms with Gasteiger partial charge < -0.3 is 9.97 Å². The van der Waals surface area contributed by atoms with Crippen molar-refractivity contribution in [2.45, 2.75) is 25.8 Å². The second-order valence-electron chi connectivity index (χ2n) is 6.76. The molecule has 25 heavy (non-hydrogen) atoms. The maximum atomic E-state index is 11.4. The zero-order chi connectivity index (χ0) is 17.2. The first-order valence-corrected chi connectivity index (χ1v) is 8.64. The van der Waals surface area contributed by atoms with Gasteiger partial charge in [0.15, 0.2) is 0 Å². The van der Waals surface area contributed by atoms with Gasteiger partial charge in [-0.2, -0.15) is 0 Å². The number of hydrogen-bond donors (Lipinski definition) is 3. The lowest BCUT2D eigenvalue weighted by Crippen LogP contribution is -2.37. The molecule has 130 valence electrons. The van der Waals surface area contributed by atoms with Gasteiger partial charge in [-0.15, -0.1) is 0 Å². The predicted octanol–water partition coefficient (Wildman–Crippen LogP) is 1.39. The lowest BCUT2D eigenvalue weighted by molar-refractivity contribution is 0.164. The van der Waals surface area contributed by atoms with Gasteiger partial charge in [0.05, 0.1) is 11.0 Å². The van der Waals surface area contributed by atoms with E-state index in [0.29, 0.717) is 18.2 Å². The molecule has 0 saturated carbocycles. The fourth-order valence-corrected chi connectivity index (χ4v) is 3.68. The van der Waals surface area contributed by atoms with Crippen LogP contribution in [0.15, 0.2) is 39.9 Å². The summed E-state index contributed by atoms with van der Waals surface area (Å²) < 4.78 is 0. The van der Waals surface area contributed by atoms with Crippen LogP contribution in [0.3, 0.4) is 0 Å². The zero-order valence-electron chi connectivity index (χ0n) is 13.9. The molecule has 1 fully saturated rings. The van der Waals surface area contributed by atoms with Crippen molar-refractivity contribution in [1.82, 2.24) is 24.8 Å². The van der Waals surface area contributed by atoms with Gasteiger partial charge in [0.25, 0.3) is 5.56 Å². The van der Waals surface area contributed by atoms with Crippen LogP contribution in [0.5, 0.6) is 0 Å². The van der Waals surface area contributed by atoms with Crippen molar-refractivity contribution in [3.8, 4) is 0 Å². The third-order valence-corrected chi connectivity index (χ3v) is 4.73. The van der Waals surface area contributed by atoms with Gasteiger partial charge in [-0.25, -0.2) is 9.78 Å². The molecule has 0 amide bonds. The van der Waals surface area contributed by atoms with E-state index in [0.717, 1.165) is 42.8 Å². The first-order valence-electron chi connectivity index (χ1n) is 8.64. The van der Waals surface area contributed by atoms with Crippen molar-refractivity contribution in [1.29, 1.82) is 0 Å². The number of piperidine rings is 1. The Hall–Kier alpha value is -2.67. The van der Waals surface area contributed by atoms with E-state index in [4.69, 9.17) is 0 Å². The number of aromatic nitrogens is 4. The van der Waals surface area contributed by atoms with Gasteiger partial charge in [0, 0.05) is 31.3 Å². The van der Waals surface area contributed by atoms with Gasteiger partial charge in [-0.05, 0) is 37.4 Å². The standard InChI is InChI=1S/C18H21N5O2/c24-17-9-13(19-18(25)22-17)11-23-7-3-4-12(10-23)8-16-20-14-5-1-2-6-15(14)21-16/h1-2,5-6,9,12H,3-4,7-8,10-11H2,(H,20,21)(H2,19,22,24,25). The number of nitrogens with one attached hydrogen (secondary N) is 3. The Morgan fingerprint density at radius 2 is 2.04 bits per heavy atom. The average molecular weight is 339 g/mol. The first kappa shape index (κ1) is 15.8. The van der Waals surface area contributed by atoms with Crippen LogP contribution in [0.2, 0.25) is 0 Å². The zero-order valence-corrected chi connectivity index (χ0v) is 13.9. The summed E-state index contributed by atoms with van der Waals surface area (Å²) in [6.07, 6.45) is 3.19. The molecule has 2 aromatic heterocycles. The summed E-state index contributed by atoms with van der Waals surface area (Å²) in [7, 11) is 0. The highest BCUT2D eigenvalue weighted by Gasteiger charge is 2.21. The molecule has 1 atom stereocenters. The van der Waals surface area contributed by atoms with Crippen LogP contribution in [0.4, 0.5) is 0 Å². The van der Waals surface area contributed by atoms with Crippen LogP contribution in [-0.4, -0.2) is 37.9 Å². The van der Waals surface area contributed by atoms with Gasteiger partial charge in [-0.1, -0.05) is 12.1 Å². The number of para-hydroxylation sites is 2. The summed E-state index contributed by atoms with van der Waals surface area (Å²) in [4.78, 5) is 38.1. The Morgan fingerprint density at radius 1 is 1.16 bits per heavy atom. The van der Waals surface area contributed by atoms with Crippen LogP contribution in [0.1, 0.15) is 24.4 Å². The number of fused-ring (bicyclic) bond motifs is 1. The molecule has 1 aliphatic heterocycles. The van der Waals surface area contributed by atoms with E-state index >= 15 is 0 Å². The number of nitrogens with zero attached hydrogens (tertiary/aromatic N) is 2. The minimum Gasteiger partial charge on any atom is -0.342 e. The monoisotopic (exact) mass is 339 g/mol. The topological polar surface area (TPSA) is 97.6 Å². The first-order chi connectivity index (χ1) is 12.2. The predicted molar refractivity (Wildman–Crippen MR) is 95.5 cm³/mol. The largest absolute Gasteiger partial charge is 0.342 e. The van der Waals surface area contributed by atoms with E-state index in [1.54, 1.807) is 0 Å². The summed E-state index contributed by atoms with van der Waals surface area (Å²) in [5.41, 5.74) is 1.95. The minimum atomic E-state index is -0.446. The van der Waals surface area contributed by atoms with Crippen LogP contribution >= 0.6 is 0 Å². The van der Waals surface area contributed by atoms with Crippen molar-refractivity contribution in [3.63, 3.8) is 0 Å². The smallest absolute Gasteiger partial charge is 0.325 e. The van der Waals surface area contributed by atoms with E-state index < -0.39 is 5.69 Å². The maximum Gasteiger partial charge on any atom is 0.325 e. The minimum absolute atomic E-state index is 0.352. The number of benzene rings is 1. The number of aromatic amines is 3. The Balaban J connectivity index is 1.43. The lowest BCUT2D eigenvalue weighted by Gasteiger charge is -2.32. The molecule has 1 unspecified atom stereocenters. The normalized spacial score (nSPS) is 18.6. The molecule has 0 radical (unpaired) electrons. The molecule has 1 aliphatic rings. The Labute approximate surface area is 144 Å². The van der Waals surface area contributed by atoms with Gasteiger partial charge in [0.2, 0.25) is 0 Å². The molecule has 1 saturated heterocycles. The number of likely N-dealkylation sites (tertiary alicyclic amines) is 1. The fraction of sp³-hybridized carbons (Fsp3) is 0.389. The van der Waals surface area contributed by atoms with Crippen LogP contribution in [-0.2, 0) is 13.0 Å². The van der Waals surface area contributed by atoms with Crippen molar-refractivity contribution in [3.05, 3.63) is 62.7 Å². The maximum absolute atomic E-state index is 11.4. The van der Waals surface area contributed by atoms with Gasteiger partial charge >= 0.3 is 5.69 Å². The number of imidazole rings is 1. The molecule has 3 heterocycles. The molecule has 0 spiro atoms. The second kappa shape index (κ2) is 6.68. The third kappa shape index (κ3) is 3.71. The van der Waals surface area contributed by atoms with E-state index in [9.17, 15) is 9.59 Å². The molecule has 7 nitrogen and oxygen atoms in total. The highest BCUT2D eigenvalue weighted by atomic mass is 16.2. The quantitative estimate of drug-likeness (QED) is 0.669. The molecule has 7 heteroatoms. The van der Waals surface area contributed by atoms with E-state index in [-0.39, 0.29) is 5.56 Å². The number of H-pyrrole nitrogens is 3. The molecule has 3 N–H and O–H groups in total. The van der Waals surface area contributed by atoms with Crippen molar-refractivity contribution >= 4 is 11.0 Å². The summed E-state index contributed by atoms with van der Waals surface area (Å²) in [6.45, 7) is 2.51. The Bertz CT molecular complexity index is 925. The van der Waals surface area contributed by atoms with Crippen molar-refractivity contribution in [2.75, 3.05) is 13.1 Å². The molecule has 3 aromatic rings. The highest BCUT2D eigenvalue weighted by molar-refractivity contribution is 5.74. The molecular formula is C18H21N5O2. The van der Waals surface area contributed by atoms with Gasteiger partial charge in [0.1, 0.15) is 5.82 Å². The molecular weight excluding hydrogens is 318 g/mol. The van der Waals surface area contributed by atoms with Crippen LogP contribution < -0.4 is 11.2 Å². The summed E-state index contributed by atoms with van der Waals surface area (Å²) in [5.74, 6) is 1.54. The molecule has 1 aromatic carbocycles. The van der Waals surface area contributed by atoms with Crippen LogP contribution in [0.25, 0.3) is 11.0 Å². The van der Waals surface area contributed by atoms with E-state index in [1.165, 1.54) is 12.5 Å². The summed E-state index contributed by atoms with van der Waals surface area (Å²) in [5, 5.41) is 0. The van der Waals surface area contributed by atoms with Crippen molar-refractivity contribution in [2.24, 2.45) is 5.92 Å². The summed E-state index contributed by atoms with van der Waals surface area (Å²) in [6, 6.07) is 9.53. The molecule has 0 bridgehead atoms. The highest BCUT2D eigenvalue weighted by Crippen LogP contribution is 2.22. The van der Waals surface area contributed by atoms with E-state index in [2.05, 4.69) is 24.8 Å². The SMILES string of the molecule is O=c1cc(CN2CCCC(Cc3nc4ccccc4[nH]3)C2)[nH]c(=O)[nH]1. The molecule has 0 aliphatic carbocycles. The lowest BCUT2D eigenvalue weighted by atomic mass is 9.94. The fourth-order valence-electron chi connectivity index (χ4n) is 3.68. The Morgan fingerprint density at radius 3 is 2.88 bits per heavy atom. The molecule has 4 rings (SSSR count). The van der Waals surface area contributed by atoms with Crippen LogP contribution in [0, 0.1) is 5.92 Å². The average Bonchev–Trinajstić information content (AvgIpc) is 2.96. The number of hydrogen-bond acceptors (Lipinski definition) is 4. The third-order valence-electron chi connectivity index (χ3n) is 4.73. The van der Waals surface area contributed by atoms with E-state index in [1.807, 2.05) is 24.3 Å². The van der Waals surface area contributed by atoms with Gasteiger partial charge in [-0.3, -0.25) is 14.7 Å². The summed E-state index contributed by atoms with van der Waals surface area (Å²) >= 11 is 0. The Kier molecular flexibility index (Phi) is 4.23. The second-order valence-corrected chi connectivity index (χ2v) is 6.76. The van der Waals surface area contributed by atoms with Crippen molar-refractivity contribution < 1.29 is 0 Å². The number of rotatable bonds is 4.